The number of imide groups is 1. The van der Waals surface area contributed by atoms with Gasteiger partial charge in [-0.05, 0) is 59.7 Å². The van der Waals surface area contributed by atoms with Gasteiger partial charge in [0.05, 0.1) is 6.42 Å². The molecule has 4 rings (SSSR count). The molecule has 1 saturated heterocycles. The lowest BCUT2D eigenvalue weighted by atomic mass is 9.99. The number of carbonyl (C=O) groups is 3. The maximum atomic E-state index is 13.5. The third kappa shape index (κ3) is 3.60. The first-order valence-corrected chi connectivity index (χ1v) is 9.18. The summed E-state index contributed by atoms with van der Waals surface area (Å²) in [5.41, 5.74) is 4.89. The molecule has 1 aliphatic carbocycles. The number of urea groups is 1. The van der Waals surface area contributed by atoms with E-state index in [1.807, 2.05) is 18.2 Å². The van der Waals surface area contributed by atoms with Crippen LogP contribution in [-0.4, -0.2) is 29.9 Å². The van der Waals surface area contributed by atoms with Gasteiger partial charge >= 0.3 is 6.03 Å². The molecule has 0 radical (unpaired) electrons. The summed E-state index contributed by atoms with van der Waals surface area (Å²) in [5.74, 6) is -0.969. The van der Waals surface area contributed by atoms with Crippen LogP contribution in [0, 0.1) is 12.7 Å². The Morgan fingerprint density at radius 2 is 1.82 bits per heavy atom. The highest BCUT2D eigenvalue weighted by atomic mass is 19.1. The molecule has 2 aliphatic rings. The molecule has 0 saturated carbocycles. The Labute approximate surface area is 161 Å². The lowest BCUT2D eigenvalue weighted by molar-refractivity contribution is -0.126. The second kappa shape index (κ2) is 7.07. The number of nitrogens with one attached hydrogen (secondary N) is 3. The molecule has 3 N–H and O–H groups in total. The van der Waals surface area contributed by atoms with Crippen LogP contribution in [0.5, 0.6) is 0 Å². The summed E-state index contributed by atoms with van der Waals surface area (Å²) >= 11 is 0. The Morgan fingerprint density at radius 1 is 1.11 bits per heavy atom. The summed E-state index contributed by atoms with van der Waals surface area (Å²) in [5, 5.41) is 7.48. The molecule has 0 aromatic heterocycles. The first-order valence-electron chi connectivity index (χ1n) is 9.18. The van der Waals surface area contributed by atoms with Gasteiger partial charge in [0, 0.05) is 6.04 Å². The van der Waals surface area contributed by atoms with Crippen molar-refractivity contribution >= 4 is 17.8 Å². The molecule has 4 amide bonds. The molecular formula is C21H20FN3O3. The topological polar surface area (TPSA) is 87.3 Å². The first-order chi connectivity index (χ1) is 13.4. The summed E-state index contributed by atoms with van der Waals surface area (Å²) in [6.45, 7) is 1.74. The highest BCUT2D eigenvalue weighted by molar-refractivity contribution is 6.05. The Kier molecular flexibility index (Phi) is 4.58. The Bertz CT molecular complexity index is 989. The molecule has 6 nitrogen and oxygen atoms in total. The number of aryl methyl sites for hydroxylation is 1. The minimum Gasteiger partial charge on any atom is -0.353 e. The molecule has 144 valence electrons. The standard InChI is InChI=1S/C21H20FN3O3/c1-11-6-12(4-5-17(11)22)13-2-3-14-8-16(9-15(14)7-13)23-19(26)10-18-20(27)25-21(28)24-18/h2-7,16,18H,8-10H2,1H3,(H,23,26)(H2,24,25,27,28). The van der Waals surface area contributed by atoms with Gasteiger partial charge in [0.15, 0.2) is 0 Å². The van der Waals surface area contributed by atoms with E-state index in [9.17, 15) is 18.8 Å². The maximum Gasteiger partial charge on any atom is 0.322 e. The predicted octanol–water partition coefficient (Wildman–Crippen LogP) is 1.98. The number of carbonyl (C=O) groups excluding carboxylic acids is 3. The molecule has 28 heavy (non-hydrogen) atoms. The Morgan fingerprint density at radius 3 is 2.54 bits per heavy atom. The summed E-state index contributed by atoms with van der Waals surface area (Å²) in [7, 11) is 0. The minimum atomic E-state index is -0.815. The number of amides is 4. The molecule has 1 heterocycles. The van der Waals surface area contributed by atoms with Crippen LogP contribution in [0.2, 0.25) is 0 Å². The molecule has 1 aliphatic heterocycles. The molecule has 2 unspecified atom stereocenters. The van der Waals surface area contributed by atoms with E-state index in [1.54, 1.807) is 13.0 Å². The van der Waals surface area contributed by atoms with E-state index in [0.717, 1.165) is 16.7 Å². The Hall–Kier alpha value is -3.22. The van der Waals surface area contributed by atoms with E-state index in [1.165, 1.54) is 11.6 Å². The van der Waals surface area contributed by atoms with Crippen molar-refractivity contribution in [1.29, 1.82) is 0 Å². The van der Waals surface area contributed by atoms with Gasteiger partial charge in [-0.25, -0.2) is 9.18 Å². The molecule has 0 spiro atoms. The zero-order valence-electron chi connectivity index (χ0n) is 15.3. The molecule has 1 fully saturated rings. The van der Waals surface area contributed by atoms with Crippen LogP contribution >= 0.6 is 0 Å². The lowest BCUT2D eigenvalue weighted by Crippen LogP contribution is -2.40. The second-order valence-corrected chi connectivity index (χ2v) is 7.34. The molecule has 7 heteroatoms. The summed E-state index contributed by atoms with van der Waals surface area (Å²) in [6.07, 6.45) is 1.33. The van der Waals surface area contributed by atoms with E-state index < -0.39 is 18.0 Å². The molecule has 2 aromatic carbocycles. The van der Waals surface area contributed by atoms with Crippen molar-refractivity contribution in [3.8, 4) is 11.1 Å². The Balaban J connectivity index is 1.41. The molecule has 2 aromatic rings. The van der Waals surface area contributed by atoms with Gasteiger partial charge in [-0.2, -0.15) is 0 Å². The van der Waals surface area contributed by atoms with Gasteiger partial charge in [-0.1, -0.05) is 24.3 Å². The van der Waals surface area contributed by atoms with Crippen molar-refractivity contribution in [2.75, 3.05) is 0 Å². The number of hydrogen-bond acceptors (Lipinski definition) is 3. The van der Waals surface area contributed by atoms with E-state index in [2.05, 4.69) is 22.0 Å². The van der Waals surface area contributed by atoms with Crippen LogP contribution in [0.4, 0.5) is 9.18 Å². The zero-order chi connectivity index (χ0) is 19.8. The fourth-order valence-electron chi connectivity index (χ4n) is 3.80. The van der Waals surface area contributed by atoms with Crippen molar-refractivity contribution in [2.45, 2.75) is 38.3 Å². The van der Waals surface area contributed by atoms with Crippen molar-refractivity contribution in [2.24, 2.45) is 0 Å². The van der Waals surface area contributed by atoms with Gasteiger partial charge in [-0.15, -0.1) is 0 Å². The summed E-state index contributed by atoms with van der Waals surface area (Å²) in [6, 6.07) is 9.76. The SMILES string of the molecule is Cc1cc(-c2ccc3c(c2)CC(NC(=O)CC2NC(=O)NC2=O)C3)ccc1F. The van der Waals surface area contributed by atoms with Gasteiger partial charge < -0.3 is 10.6 Å². The van der Waals surface area contributed by atoms with E-state index in [4.69, 9.17) is 0 Å². The lowest BCUT2D eigenvalue weighted by Gasteiger charge is -2.13. The summed E-state index contributed by atoms with van der Waals surface area (Å²) < 4.78 is 13.5. The number of hydrogen-bond donors (Lipinski definition) is 3. The van der Waals surface area contributed by atoms with Gasteiger partial charge in [0.1, 0.15) is 11.9 Å². The molecular weight excluding hydrogens is 361 g/mol. The second-order valence-electron chi connectivity index (χ2n) is 7.34. The number of benzene rings is 2. The molecule has 2 atom stereocenters. The highest BCUT2D eigenvalue weighted by Crippen LogP contribution is 2.29. The predicted molar refractivity (Wildman–Crippen MR) is 101 cm³/mol. The largest absolute Gasteiger partial charge is 0.353 e. The maximum absolute atomic E-state index is 13.5. The van der Waals surface area contributed by atoms with E-state index in [-0.39, 0.29) is 24.2 Å². The van der Waals surface area contributed by atoms with Crippen LogP contribution < -0.4 is 16.0 Å². The van der Waals surface area contributed by atoms with E-state index >= 15 is 0 Å². The van der Waals surface area contributed by atoms with Crippen LogP contribution in [0.15, 0.2) is 36.4 Å². The molecule has 0 bridgehead atoms. The van der Waals surface area contributed by atoms with Crippen molar-refractivity contribution < 1.29 is 18.8 Å². The first kappa shape index (κ1) is 18.2. The quantitative estimate of drug-likeness (QED) is 0.708. The van der Waals surface area contributed by atoms with Crippen LogP contribution in [0.3, 0.4) is 0 Å². The van der Waals surface area contributed by atoms with Crippen molar-refractivity contribution in [1.82, 2.24) is 16.0 Å². The normalized spacial score (nSPS) is 20.5. The summed E-state index contributed by atoms with van der Waals surface area (Å²) in [4.78, 5) is 34.9. The third-order valence-corrected chi connectivity index (χ3v) is 5.24. The third-order valence-electron chi connectivity index (χ3n) is 5.24. The van der Waals surface area contributed by atoms with Gasteiger partial charge in [0.25, 0.3) is 5.91 Å². The van der Waals surface area contributed by atoms with Crippen LogP contribution in [0.1, 0.15) is 23.1 Å². The average Bonchev–Trinajstić information content (AvgIpc) is 3.18. The van der Waals surface area contributed by atoms with Gasteiger partial charge in [-0.3, -0.25) is 14.9 Å². The van der Waals surface area contributed by atoms with Crippen LogP contribution in [0.25, 0.3) is 11.1 Å². The zero-order valence-corrected chi connectivity index (χ0v) is 15.3. The van der Waals surface area contributed by atoms with E-state index in [0.29, 0.717) is 18.4 Å². The average molecular weight is 381 g/mol. The highest BCUT2D eigenvalue weighted by Gasteiger charge is 2.32. The number of halogens is 1. The smallest absolute Gasteiger partial charge is 0.322 e. The fraction of sp³-hybridized carbons (Fsp3) is 0.286. The van der Waals surface area contributed by atoms with Crippen molar-refractivity contribution in [3.63, 3.8) is 0 Å². The monoisotopic (exact) mass is 381 g/mol. The van der Waals surface area contributed by atoms with Crippen molar-refractivity contribution in [3.05, 3.63) is 58.9 Å². The van der Waals surface area contributed by atoms with Gasteiger partial charge in [0.2, 0.25) is 5.91 Å². The van der Waals surface area contributed by atoms with Crippen LogP contribution in [-0.2, 0) is 22.4 Å². The minimum absolute atomic E-state index is 0.0483. The number of fused-ring (bicyclic) bond motifs is 1. The fourth-order valence-corrected chi connectivity index (χ4v) is 3.80. The number of rotatable bonds is 4.